The molecule has 1 aliphatic carbocycles. The van der Waals surface area contributed by atoms with Crippen molar-refractivity contribution in [2.45, 2.75) is 44.2 Å². The van der Waals surface area contributed by atoms with Crippen LogP contribution >= 0.6 is 12.4 Å². The van der Waals surface area contributed by atoms with E-state index in [2.05, 4.69) is 10.6 Å². The Morgan fingerprint density at radius 3 is 2.80 bits per heavy atom. The van der Waals surface area contributed by atoms with Crippen LogP contribution in [0.2, 0.25) is 0 Å². The first-order valence-corrected chi connectivity index (χ1v) is 7.41. The van der Waals surface area contributed by atoms with E-state index in [9.17, 15) is 4.79 Å². The maximum absolute atomic E-state index is 12.0. The number of rotatable bonds is 7. The van der Waals surface area contributed by atoms with Gasteiger partial charge in [0.2, 0.25) is 5.91 Å². The Balaban J connectivity index is 0.00000200. The largest absolute Gasteiger partial charge is 0.382 e. The van der Waals surface area contributed by atoms with Gasteiger partial charge in [0.15, 0.2) is 0 Å². The number of amides is 1. The Morgan fingerprint density at radius 2 is 2.05 bits per heavy atom. The Bertz CT molecular complexity index is 278. The summed E-state index contributed by atoms with van der Waals surface area (Å²) < 4.78 is 10.2. The SMILES string of the molecule is COCCOCCNC(=O)C1CC2CCCCC2N1.Cl. The van der Waals surface area contributed by atoms with Crippen molar-refractivity contribution in [3.63, 3.8) is 0 Å². The summed E-state index contributed by atoms with van der Waals surface area (Å²) in [5, 5.41) is 6.42. The fourth-order valence-electron chi connectivity index (χ4n) is 3.14. The van der Waals surface area contributed by atoms with Crippen LogP contribution in [0.25, 0.3) is 0 Å². The fourth-order valence-corrected chi connectivity index (χ4v) is 3.14. The van der Waals surface area contributed by atoms with Crippen LogP contribution in [0.1, 0.15) is 32.1 Å². The second kappa shape index (κ2) is 9.55. The topological polar surface area (TPSA) is 59.6 Å². The van der Waals surface area contributed by atoms with Crippen molar-refractivity contribution in [3.8, 4) is 0 Å². The van der Waals surface area contributed by atoms with Crippen LogP contribution < -0.4 is 10.6 Å². The standard InChI is InChI=1S/C14H26N2O3.ClH/c1-18-8-9-19-7-6-15-14(17)13-10-11-4-2-3-5-12(11)16-13;/h11-13,16H,2-10H2,1H3,(H,15,17);1H. The number of methoxy groups -OCH3 is 1. The molecule has 2 N–H and O–H groups in total. The van der Waals surface area contributed by atoms with Crippen LogP contribution in [0.5, 0.6) is 0 Å². The zero-order chi connectivity index (χ0) is 13.5. The minimum Gasteiger partial charge on any atom is -0.382 e. The van der Waals surface area contributed by atoms with E-state index in [1.165, 1.54) is 25.7 Å². The molecule has 0 aromatic carbocycles. The molecule has 0 radical (unpaired) electrons. The highest BCUT2D eigenvalue weighted by molar-refractivity contribution is 5.85. The molecular weight excluding hydrogens is 280 g/mol. The first kappa shape index (κ1) is 17.7. The van der Waals surface area contributed by atoms with Gasteiger partial charge in [-0.1, -0.05) is 12.8 Å². The highest BCUT2D eigenvalue weighted by Crippen LogP contribution is 2.33. The predicted molar refractivity (Wildman–Crippen MR) is 80.2 cm³/mol. The van der Waals surface area contributed by atoms with E-state index >= 15 is 0 Å². The third-order valence-corrected chi connectivity index (χ3v) is 4.16. The molecule has 3 unspecified atom stereocenters. The summed E-state index contributed by atoms with van der Waals surface area (Å²) in [5.74, 6) is 0.840. The molecule has 1 heterocycles. The smallest absolute Gasteiger partial charge is 0.237 e. The minimum atomic E-state index is 0. The molecule has 118 valence electrons. The number of fused-ring (bicyclic) bond motifs is 1. The molecule has 2 fully saturated rings. The lowest BCUT2D eigenvalue weighted by atomic mass is 9.85. The summed E-state index contributed by atoms with van der Waals surface area (Å²) in [5.41, 5.74) is 0. The molecule has 3 atom stereocenters. The lowest BCUT2D eigenvalue weighted by Crippen LogP contribution is -2.44. The van der Waals surface area contributed by atoms with Crippen molar-refractivity contribution >= 4 is 18.3 Å². The molecule has 0 aromatic rings. The summed E-state index contributed by atoms with van der Waals surface area (Å²) in [6.07, 6.45) is 6.14. The number of ether oxygens (including phenoxy) is 2. The lowest BCUT2D eigenvalue weighted by molar-refractivity contribution is -0.123. The van der Waals surface area contributed by atoms with Crippen LogP contribution in [-0.4, -0.2) is 51.5 Å². The molecule has 2 rings (SSSR count). The average Bonchev–Trinajstić information content (AvgIpc) is 2.86. The van der Waals surface area contributed by atoms with Crippen LogP contribution in [0.4, 0.5) is 0 Å². The highest BCUT2D eigenvalue weighted by Gasteiger charge is 2.37. The number of hydrogen-bond acceptors (Lipinski definition) is 4. The molecular formula is C14H27ClN2O3. The minimum absolute atomic E-state index is 0. The zero-order valence-corrected chi connectivity index (χ0v) is 13.0. The van der Waals surface area contributed by atoms with Gasteiger partial charge in [0.1, 0.15) is 0 Å². The van der Waals surface area contributed by atoms with Crippen molar-refractivity contribution in [2.75, 3.05) is 33.5 Å². The number of nitrogens with one attached hydrogen (secondary N) is 2. The van der Waals surface area contributed by atoms with E-state index in [1.54, 1.807) is 7.11 Å². The summed E-state index contributed by atoms with van der Waals surface area (Å²) in [6, 6.07) is 0.578. The van der Waals surface area contributed by atoms with Crippen LogP contribution in [0.15, 0.2) is 0 Å². The van der Waals surface area contributed by atoms with E-state index in [4.69, 9.17) is 9.47 Å². The second-order valence-corrected chi connectivity index (χ2v) is 5.50. The monoisotopic (exact) mass is 306 g/mol. The molecule has 1 aliphatic heterocycles. The number of carbonyl (C=O) groups is 1. The third kappa shape index (κ3) is 5.20. The average molecular weight is 307 g/mol. The van der Waals surface area contributed by atoms with Gasteiger partial charge < -0.3 is 20.1 Å². The van der Waals surface area contributed by atoms with Crippen LogP contribution in [-0.2, 0) is 14.3 Å². The van der Waals surface area contributed by atoms with Gasteiger partial charge in [-0.05, 0) is 25.2 Å². The molecule has 0 spiro atoms. The molecule has 1 amide bonds. The van der Waals surface area contributed by atoms with Crippen LogP contribution in [0.3, 0.4) is 0 Å². The third-order valence-electron chi connectivity index (χ3n) is 4.16. The molecule has 1 saturated carbocycles. The van der Waals surface area contributed by atoms with E-state index in [0.29, 0.717) is 38.3 Å². The van der Waals surface area contributed by atoms with Gasteiger partial charge in [0, 0.05) is 19.7 Å². The Morgan fingerprint density at radius 1 is 1.25 bits per heavy atom. The highest BCUT2D eigenvalue weighted by atomic mass is 35.5. The van der Waals surface area contributed by atoms with Gasteiger partial charge in [0.25, 0.3) is 0 Å². The number of hydrogen-bond donors (Lipinski definition) is 2. The van der Waals surface area contributed by atoms with E-state index in [-0.39, 0.29) is 24.4 Å². The van der Waals surface area contributed by atoms with Gasteiger partial charge in [0.05, 0.1) is 25.9 Å². The molecule has 0 aromatic heterocycles. The van der Waals surface area contributed by atoms with Crippen molar-refractivity contribution < 1.29 is 14.3 Å². The molecule has 20 heavy (non-hydrogen) atoms. The second-order valence-electron chi connectivity index (χ2n) is 5.50. The molecule has 2 aliphatic rings. The Kier molecular flexibility index (Phi) is 8.45. The Labute approximate surface area is 127 Å². The molecule has 1 saturated heterocycles. The summed E-state index contributed by atoms with van der Waals surface area (Å²) in [4.78, 5) is 12.0. The number of carbonyl (C=O) groups excluding carboxylic acids is 1. The van der Waals surface area contributed by atoms with E-state index in [1.807, 2.05) is 0 Å². The summed E-state index contributed by atoms with van der Waals surface area (Å²) >= 11 is 0. The predicted octanol–water partition coefficient (Wildman–Crippen LogP) is 1.11. The molecule has 5 nitrogen and oxygen atoms in total. The van der Waals surface area contributed by atoms with Gasteiger partial charge in [-0.15, -0.1) is 12.4 Å². The van der Waals surface area contributed by atoms with Crippen molar-refractivity contribution in [1.29, 1.82) is 0 Å². The molecule has 6 heteroatoms. The van der Waals surface area contributed by atoms with Crippen molar-refractivity contribution in [3.05, 3.63) is 0 Å². The first-order chi connectivity index (χ1) is 9.31. The summed E-state index contributed by atoms with van der Waals surface area (Å²) in [6.45, 7) is 2.31. The van der Waals surface area contributed by atoms with E-state index < -0.39 is 0 Å². The molecule has 0 bridgehead atoms. The maximum Gasteiger partial charge on any atom is 0.237 e. The Hall–Kier alpha value is -0.360. The van der Waals surface area contributed by atoms with Gasteiger partial charge in [-0.25, -0.2) is 0 Å². The van der Waals surface area contributed by atoms with Gasteiger partial charge in [-0.3, -0.25) is 4.79 Å². The van der Waals surface area contributed by atoms with Crippen molar-refractivity contribution in [2.24, 2.45) is 5.92 Å². The van der Waals surface area contributed by atoms with Gasteiger partial charge in [-0.2, -0.15) is 0 Å². The summed E-state index contributed by atoms with van der Waals surface area (Å²) in [7, 11) is 1.65. The zero-order valence-electron chi connectivity index (χ0n) is 12.2. The lowest BCUT2D eigenvalue weighted by Gasteiger charge is -2.24. The fraction of sp³-hybridized carbons (Fsp3) is 0.929. The van der Waals surface area contributed by atoms with Crippen LogP contribution in [0, 0.1) is 5.92 Å². The maximum atomic E-state index is 12.0. The van der Waals surface area contributed by atoms with Gasteiger partial charge >= 0.3 is 0 Å². The normalized spacial score (nSPS) is 28.6. The van der Waals surface area contributed by atoms with Crippen molar-refractivity contribution in [1.82, 2.24) is 10.6 Å². The number of halogens is 1. The quantitative estimate of drug-likeness (QED) is 0.692. The first-order valence-electron chi connectivity index (χ1n) is 7.41. The van der Waals surface area contributed by atoms with E-state index in [0.717, 1.165) is 6.42 Å².